The van der Waals surface area contributed by atoms with Crippen LogP contribution in [0.3, 0.4) is 0 Å². The molecule has 4 aromatic carbocycles. The second-order valence-electron chi connectivity index (χ2n) is 14.8. The van der Waals surface area contributed by atoms with Crippen molar-refractivity contribution in [3.05, 3.63) is 125 Å². The van der Waals surface area contributed by atoms with E-state index in [1.165, 1.54) is 76.3 Å². The van der Waals surface area contributed by atoms with E-state index in [0.717, 1.165) is 48.1 Å². The van der Waals surface area contributed by atoms with E-state index in [-0.39, 0.29) is 23.3 Å². The normalized spacial score (nSPS) is 19.6. The zero-order valence-corrected chi connectivity index (χ0v) is 32.9. The molecule has 1 nitrogen and oxygen atoms in total. The number of benzene rings is 4. The highest BCUT2D eigenvalue weighted by molar-refractivity contribution is 5.71. The summed E-state index contributed by atoms with van der Waals surface area (Å²) >= 11 is 0. The molecular formula is C47H54F8O. The fourth-order valence-corrected chi connectivity index (χ4v) is 8.09. The van der Waals surface area contributed by atoms with Crippen molar-refractivity contribution in [3.8, 4) is 28.0 Å². The second kappa shape index (κ2) is 20.9. The van der Waals surface area contributed by atoms with E-state index >= 15 is 0 Å². The molecule has 6 rings (SSSR count). The number of aryl methyl sites for hydroxylation is 1. The lowest BCUT2D eigenvalue weighted by atomic mass is 9.69. The fourth-order valence-electron chi connectivity index (χ4n) is 8.09. The van der Waals surface area contributed by atoms with Crippen molar-refractivity contribution in [3.63, 3.8) is 0 Å². The minimum Gasteiger partial charge on any atom is -0.429 e. The maximum absolute atomic E-state index is 14.9. The molecule has 0 N–H and O–H groups in total. The molecule has 4 aromatic rings. The summed E-state index contributed by atoms with van der Waals surface area (Å²) in [6.45, 7) is 12.3. The Labute approximate surface area is 327 Å². The number of rotatable bonds is 11. The third-order valence-corrected chi connectivity index (χ3v) is 11.0. The van der Waals surface area contributed by atoms with Gasteiger partial charge in [-0.25, -0.2) is 26.3 Å². The van der Waals surface area contributed by atoms with Gasteiger partial charge in [0.1, 0.15) is 28.8 Å². The zero-order chi connectivity index (χ0) is 41.0. The molecule has 2 saturated carbocycles. The molecule has 0 radical (unpaired) electrons. The average Bonchev–Trinajstić information content (AvgIpc) is 3.18. The Hall–Kier alpha value is -4.14. The first-order valence-corrected chi connectivity index (χ1v) is 20.1. The van der Waals surface area contributed by atoms with E-state index in [4.69, 9.17) is 0 Å². The molecule has 0 unspecified atom stereocenters. The van der Waals surface area contributed by atoms with Crippen LogP contribution in [0.1, 0.15) is 109 Å². The van der Waals surface area contributed by atoms with E-state index < -0.39 is 52.3 Å². The van der Waals surface area contributed by atoms with Crippen molar-refractivity contribution in [1.82, 2.24) is 0 Å². The summed E-state index contributed by atoms with van der Waals surface area (Å²) in [6, 6.07) is 12.6. The van der Waals surface area contributed by atoms with Crippen LogP contribution >= 0.6 is 0 Å². The van der Waals surface area contributed by atoms with Gasteiger partial charge in [-0.1, -0.05) is 102 Å². The predicted molar refractivity (Wildman–Crippen MR) is 209 cm³/mol. The Kier molecular flexibility index (Phi) is 16.6. The van der Waals surface area contributed by atoms with Crippen LogP contribution in [0.15, 0.2) is 79.4 Å². The lowest BCUT2D eigenvalue weighted by molar-refractivity contribution is -0.189. The Bertz CT molecular complexity index is 1810. The zero-order valence-electron chi connectivity index (χ0n) is 32.9. The Balaban J connectivity index is 0.000000305. The quantitative estimate of drug-likeness (QED) is 0.0836. The summed E-state index contributed by atoms with van der Waals surface area (Å²) < 4.78 is 117. The highest BCUT2D eigenvalue weighted by Gasteiger charge is 2.42. The molecule has 2 fully saturated rings. The minimum atomic E-state index is -4.74. The predicted octanol–water partition coefficient (Wildman–Crippen LogP) is 15.5. The third-order valence-electron chi connectivity index (χ3n) is 11.0. The Morgan fingerprint density at radius 1 is 0.625 bits per heavy atom. The molecule has 0 amide bonds. The Morgan fingerprint density at radius 3 is 1.64 bits per heavy atom. The van der Waals surface area contributed by atoms with Crippen LogP contribution in [-0.2, 0) is 12.5 Å². The molecule has 0 saturated heterocycles. The first-order valence-electron chi connectivity index (χ1n) is 20.1. The summed E-state index contributed by atoms with van der Waals surface area (Å²) in [6.07, 6.45) is 14.1. The molecule has 0 atom stereocenters. The van der Waals surface area contributed by atoms with Gasteiger partial charge in [0, 0.05) is 17.7 Å². The van der Waals surface area contributed by atoms with Gasteiger partial charge in [-0.2, -0.15) is 8.78 Å². The standard InChI is InChI=1S/C28H18F8O.C17H30.C2H6/c1-2-3-15-4-6-16(7-5-15)17-8-9-20(21(29)10-17)18-11-22(30)26(23(31)12-18)28(35,36)37-19-13-24(32)27(34)25(33)14-19;1-3-5-15-8-12-17(13-9-15)16-10-6-14(4-2)7-11-16;1-2/h4-14H,2-3H2,1H3;4,14-17H,2-3,5-13H2,1H3;1-2H3. The van der Waals surface area contributed by atoms with Crippen LogP contribution in [0.25, 0.3) is 22.3 Å². The first-order chi connectivity index (χ1) is 26.8. The van der Waals surface area contributed by atoms with Crippen molar-refractivity contribution in [1.29, 1.82) is 0 Å². The largest absolute Gasteiger partial charge is 0.432 e. The van der Waals surface area contributed by atoms with Gasteiger partial charge in [-0.15, -0.1) is 6.58 Å². The van der Waals surface area contributed by atoms with Gasteiger partial charge in [0.05, 0.1) is 0 Å². The van der Waals surface area contributed by atoms with E-state index in [1.54, 1.807) is 0 Å². The monoisotopic (exact) mass is 786 g/mol. The van der Waals surface area contributed by atoms with Crippen molar-refractivity contribution in [2.75, 3.05) is 0 Å². The fraction of sp³-hybridized carbons (Fsp3) is 0.447. The average molecular weight is 787 g/mol. The van der Waals surface area contributed by atoms with E-state index in [0.29, 0.717) is 23.3 Å². The summed E-state index contributed by atoms with van der Waals surface area (Å²) in [5, 5.41) is 0. The maximum atomic E-state index is 14.9. The smallest absolute Gasteiger partial charge is 0.429 e. The molecular weight excluding hydrogens is 733 g/mol. The molecule has 0 heterocycles. The molecule has 0 spiro atoms. The van der Waals surface area contributed by atoms with E-state index in [1.807, 2.05) is 45.0 Å². The third kappa shape index (κ3) is 11.5. The molecule has 56 heavy (non-hydrogen) atoms. The molecule has 2 aliphatic carbocycles. The van der Waals surface area contributed by atoms with Crippen LogP contribution < -0.4 is 4.74 Å². The van der Waals surface area contributed by atoms with Crippen molar-refractivity contribution < 1.29 is 39.9 Å². The number of ether oxygens (including phenoxy) is 1. The molecule has 0 bridgehead atoms. The molecule has 0 aromatic heterocycles. The molecule has 2 aliphatic rings. The van der Waals surface area contributed by atoms with Crippen LogP contribution in [0.5, 0.6) is 5.75 Å². The number of hydrogen-bond donors (Lipinski definition) is 0. The van der Waals surface area contributed by atoms with Gasteiger partial charge in [0.25, 0.3) is 0 Å². The summed E-state index contributed by atoms with van der Waals surface area (Å²) in [4.78, 5) is 0. The van der Waals surface area contributed by atoms with Gasteiger partial charge >= 0.3 is 6.11 Å². The summed E-state index contributed by atoms with van der Waals surface area (Å²) in [7, 11) is 0. The van der Waals surface area contributed by atoms with Gasteiger partial charge in [0.2, 0.25) is 0 Å². The van der Waals surface area contributed by atoms with Gasteiger partial charge in [0.15, 0.2) is 17.5 Å². The Morgan fingerprint density at radius 2 is 1.14 bits per heavy atom. The van der Waals surface area contributed by atoms with E-state index in [2.05, 4.69) is 24.3 Å². The molecule has 0 aliphatic heterocycles. The number of hydrogen-bond acceptors (Lipinski definition) is 1. The van der Waals surface area contributed by atoms with Crippen LogP contribution in [0, 0.1) is 58.6 Å². The molecule has 9 heteroatoms. The van der Waals surface area contributed by atoms with Crippen LogP contribution in [0.4, 0.5) is 35.1 Å². The molecule has 304 valence electrons. The highest BCUT2D eigenvalue weighted by atomic mass is 19.3. The number of halogens is 8. The van der Waals surface area contributed by atoms with Gasteiger partial charge in [-0.05, 0) is 109 Å². The second-order valence-corrected chi connectivity index (χ2v) is 14.8. The van der Waals surface area contributed by atoms with Crippen molar-refractivity contribution in [2.45, 2.75) is 111 Å². The summed E-state index contributed by atoms with van der Waals surface area (Å²) in [5.74, 6) is -7.19. The van der Waals surface area contributed by atoms with Crippen LogP contribution in [-0.4, -0.2) is 0 Å². The van der Waals surface area contributed by atoms with Crippen molar-refractivity contribution in [2.24, 2.45) is 23.7 Å². The van der Waals surface area contributed by atoms with Crippen molar-refractivity contribution >= 4 is 0 Å². The van der Waals surface area contributed by atoms with Gasteiger partial charge in [-0.3, -0.25) is 0 Å². The van der Waals surface area contributed by atoms with Gasteiger partial charge < -0.3 is 4.74 Å². The number of allylic oxidation sites excluding steroid dienone is 1. The van der Waals surface area contributed by atoms with Crippen LogP contribution in [0.2, 0.25) is 0 Å². The minimum absolute atomic E-state index is 0.102. The number of alkyl halides is 2. The maximum Gasteiger partial charge on any atom is 0.432 e. The first kappa shape index (κ1) is 44.6. The lowest BCUT2D eigenvalue weighted by Gasteiger charge is -2.37. The summed E-state index contributed by atoms with van der Waals surface area (Å²) in [5.41, 5.74) is -0.155. The lowest BCUT2D eigenvalue weighted by Crippen LogP contribution is -2.25. The topological polar surface area (TPSA) is 9.23 Å². The highest BCUT2D eigenvalue weighted by Crippen LogP contribution is 2.43. The van der Waals surface area contributed by atoms with E-state index in [9.17, 15) is 35.1 Å². The SMILES string of the molecule is C=CC1CCC(C2CCC(CCC)CC2)CC1.CC.CCCc1ccc(-c2ccc(-c3cc(F)c(C(F)(F)Oc4cc(F)c(F)c(F)c4)c(F)c3)c(F)c2)cc1.